The van der Waals surface area contributed by atoms with Crippen molar-refractivity contribution in [2.45, 2.75) is 6.18 Å². The molecule has 0 saturated heterocycles. The Hall–Kier alpha value is -1.25. The Balaban J connectivity index is 2.20. The van der Waals surface area contributed by atoms with E-state index in [2.05, 4.69) is 15.6 Å². The van der Waals surface area contributed by atoms with Gasteiger partial charge in [-0.3, -0.25) is 5.43 Å². The number of ether oxygens (including phenoxy) is 1. The number of anilines is 1. The number of carbonyl (C=O) groups is 1. The van der Waals surface area contributed by atoms with Crippen LogP contribution in [0.1, 0.15) is 5.56 Å². The van der Waals surface area contributed by atoms with Crippen molar-refractivity contribution in [2.75, 3.05) is 24.0 Å². The Morgan fingerprint density at radius 2 is 1.83 bits per heavy atom. The summed E-state index contributed by atoms with van der Waals surface area (Å²) in [6.07, 6.45) is -4.54. The molecule has 1 heterocycles. The molecule has 23 heavy (non-hydrogen) atoms. The van der Waals surface area contributed by atoms with Gasteiger partial charge >= 0.3 is 12.1 Å². The van der Waals surface area contributed by atoms with E-state index in [1.807, 2.05) is 0 Å². The summed E-state index contributed by atoms with van der Waals surface area (Å²) in [6, 6.07) is 1.55. The van der Waals surface area contributed by atoms with E-state index in [1.165, 1.54) is 18.9 Å². The van der Waals surface area contributed by atoms with E-state index in [0.717, 1.165) is 12.1 Å². The molecule has 0 spiro atoms. The van der Waals surface area contributed by atoms with Crippen LogP contribution in [0.15, 0.2) is 23.4 Å². The maximum absolute atomic E-state index is 12.7. The van der Waals surface area contributed by atoms with E-state index >= 15 is 0 Å². The Morgan fingerprint density at radius 1 is 1.22 bits per heavy atom. The Labute approximate surface area is 144 Å². The van der Waals surface area contributed by atoms with E-state index in [-0.39, 0.29) is 15.7 Å². The maximum Gasteiger partial charge on any atom is 0.416 e. The first-order chi connectivity index (χ1) is 10.7. The second-order valence-corrected chi connectivity index (χ2v) is 6.30. The zero-order valence-electron chi connectivity index (χ0n) is 11.7. The van der Waals surface area contributed by atoms with Gasteiger partial charge in [-0.05, 0) is 12.1 Å². The molecule has 2 rings (SSSR count). The molecule has 0 aromatic heterocycles. The summed E-state index contributed by atoms with van der Waals surface area (Å²) in [4.78, 5) is 11.6. The number of carbonyl (C=O) groups excluding carboxylic acids is 1. The Bertz CT molecular complexity index is 642. The van der Waals surface area contributed by atoms with Crippen LogP contribution < -0.4 is 10.9 Å². The normalized spacial score (nSPS) is 14.9. The molecule has 126 valence electrons. The number of thioether (sulfide) groups is 1. The van der Waals surface area contributed by atoms with E-state index in [4.69, 9.17) is 23.2 Å². The average Bonchev–Trinajstić information content (AvgIpc) is 2.93. The number of rotatable bonds is 4. The number of nitrogens with one attached hydrogen (secondary N) is 2. The Morgan fingerprint density at radius 3 is 2.35 bits per heavy atom. The van der Waals surface area contributed by atoms with E-state index in [9.17, 15) is 18.0 Å². The van der Waals surface area contributed by atoms with Crippen molar-refractivity contribution in [3.05, 3.63) is 39.0 Å². The number of halogens is 5. The van der Waals surface area contributed by atoms with Gasteiger partial charge in [0.25, 0.3) is 0 Å². The molecule has 1 aromatic carbocycles. The van der Waals surface area contributed by atoms with Gasteiger partial charge in [0.2, 0.25) is 0 Å². The topological polar surface area (TPSA) is 50.4 Å². The molecular formula is C13H11Cl2F3N2O2S. The van der Waals surface area contributed by atoms with Crippen molar-refractivity contribution in [2.24, 2.45) is 0 Å². The second kappa shape index (κ2) is 7.11. The monoisotopic (exact) mass is 386 g/mol. The van der Waals surface area contributed by atoms with Gasteiger partial charge < -0.3 is 10.2 Å². The molecular weight excluding hydrogens is 376 g/mol. The van der Waals surface area contributed by atoms with E-state index in [1.54, 1.807) is 0 Å². The molecule has 0 unspecified atom stereocenters. The molecule has 0 amide bonds. The lowest BCUT2D eigenvalue weighted by Crippen LogP contribution is -2.25. The minimum absolute atomic E-state index is 0.0925. The third-order valence-electron chi connectivity index (χ3n) is 3.00. The van der Waals surface area contributed by atoms with E-state index in [0.29, 0.717) is 22.8 Å². The number of hydrogen-bond donors (Lipinski definition) is 2. The largest absolute Gasteiger partial charge is 0.466 e. The van der Waals surface area contributed by atoms with Crippen LogP contribution in [0.5, 0.6) is 0 Å². The SMILES string of the molecule is COC(=O)C1=C(NNc2c(Cl)cc(C(F)(F)F)cc2Cl)CSC1. The Kier molecular flexibility index (Phi) is 5.59. The number of hydrazine groups is 1. The van der Waals surface area contributed by atoms with Crippen LogP contribution in [-0.2, 0) is 15.7 Å². The fourth-order valence-corrected chi connectivity index (χ4v) is 3.47. The average molecular weight is 387 g/mol. The smallest absolute Gasteiger partial charge is 0.416 e. The fourth-order valence-electron chi connectivity index (χ4n) is 1.84. The summed E-state index contributed by atoms with van der Waals surface area (Å²) in [5, 5.41) is -0.383. The maximum atomic E-state index is 12.7. The van der Waals surface area contributed by atoms with Crippen molar-refractivity contribution < 1.29 is 22.7 Å². The molecule has 0 bridgehead atoms. The molecule has 1 aromatic rings. The van der Waals surface area contributed by atoms with Gasteiger partial charge in [-0.1, -0.05) is 23.2 Å². The lowest BCUT2D eigenvalue weighted by atomic mass is 10.2. The molecule has 1 aliphatic heterocycles. The quantitative estimate of drug-likeness (QED) is 0.602. The third-order valence-corrected chi connectivity index (χ3v) is 4.58. The molecule has 10 heteroatoms. The van der Waals surface area contributed by atoms with Crippen molar-refractivity contribution in [1.82, 2.24) is 5.43 Å². The predicted octanol–water partition coefficient (Wildman–Crippen LogP) is 4.10. The van der Waals surface area contributed by atoms with Gasteiger partial charge in [-0.15, -0.1) is 0 Å². The van der Waals surface area contributed by atoms with Crippen LogP contribution in [-0.4, -0.2) is 24.6 Å². The molecule has 4 nitrogen and oxygen atoms in total. The molecule has 2 N–H and O–H groups in total. The lowest BCUT2D eigenvalue weighted by molar-refractivity contribution is -0.137. The first-order valence-corrected chi connectivity index (χ1v) is 8.11. The minimum Gasteiger partial charge on any atom is -0.466 e. The fraction of sp³-hybridized carbons (Fsp3) is 0.308. The number of methoxy groups -OCH3 is 1. The number of benzene rings is 1. The molecule has 0 aliphatic carbocycles. The van der Waals surface area contributed by atoms with Crippen molar-refractivity contribution in [3.8, 4) is 0 Å². The molecule has 0 saturated carbocycles. The van der Waals surface area contributed by atoms with Crippen LogP contribution in [0.4, 0.5) is 18.9 Å². The zero-order chi connectivity index (χ0) is 17.2. The molecule has 1 aliphatic rings. The van der Waals surface area contributed by atoms with Gasteiger partial charge in [-0.2, -0.15) is 24.9 Å². The molecule has 0 atom stereocenters. The third kappa shape index (κ3) is 4.19. The zero-order valence-corrected chi connectivity index (χ0v) is 14.0. The number of hydrogen-bond acceptors (Lipinski definition) is 5. The van der Waals surface area contributed by atoms with Gasteiger partial charge in [0.1, 0.15) is 0 Å². The van der Waals surface area contributed by atoms with Gasteiger partial charge in [0.15, 0.2) is 0 Å². The van der Waals surface area contributed by atoms with Crippen molar-refractivity contribution in [3.63, 3.8) is 0 Å². The van der Waals surface area contributed by atoms with Crippen LogP contribution in [0.25, 0.3) is 0 Å². The van der Waals surface area contributed by atoms with Crippen molar-refractivity contribution >= 4 is 46.6 Å². The summed E-state index contributed by atoms with van der Waals surface area (Å²) in [5.74, 6) is 0.530. The van der Waals surface area contributed by atoms with Gasteiger partial charge in [0.05, 0.1) is 39.7 Å². The summed E-state index contributed by atoms with van der Waals surface area (Å²) in [7, 11) is 1.27. The minimum atomic E-state index is -4.54. The first kappa shape index (κ1) is 18.1. The lowest BCUT2D eigenvalue weighted by Gasteiger charge is -2.16. The van der Waals surface area contributed by atoms with Crippen molar-refractivity contribution in [1.29, 1.82) is 0 Å². The second-order valence-electron chi connectivity index (χ2n) is 4.50. The van der Waals surface area contributed by atoms with Gasteiger partial charge in [-0.25, -0.2) is 4.79 Å². The van der Waals surface area contributed by atoms with E-state index < -0.39 is 17.7 Å². The highest BCUT2D eigenvalue weighted by Crippen LogP contribution is 2.38. The van der Waals surface area contributed by atoms with Gasteiger partial charge in [0, 0.05) is 11.5 Å². The summed E-state index contributed by atoms with van der Waals surface area (Å²) in [5.41, 5.74) is 5.58. The predicted molar refractivity (Wildman–Crippen MR) is 84.6 cm³/mol. The number of alkyl halides is 3. The highest BCUT2D eigenvalue weighted by atomic mass is 35.5. The first-order valence-electron chi connectivity index (χ1n) is 6.20. The number of esters is 1. The summed E-state index contributed by atoms with van der Waals surface area (Å²) < 4.78 is 42.7. The van der Waals surface area contributed by atoms with Crippen LogP contribution in [0.3, 0.4) is 0 Å². The highest BCUT2D eigenvalue weighted by Gasteiger charge is 2.32. The van der Waals surface area contributed by atoms with Crippen LogP contribution in [0, 0.1) is 0 Å². The summed E-state index contributed by atoms with van der Waals surface area (Å²) in [6.45, 7) is 0. The standard InChI is InChI=1S/C13H11Cl2F3N2O2S/c1-22-12(21)7-4-23-5-10(7)19-20-11-8(14)2-6(3-9(11)15)13(16,17)18/h2-3,19-20H,4-5H2,1H3. The molecule has 0 radical (unpaired) electrons. The van der Waals surface area contributed by atoms with Crippen LogP contribution in [0.2, 0.25) is 10.0 Å². The van der Waals surface area contributed by atoms with Crippen LogP contribution >= 0.6 is 35.0 Å². The molecule has 0 fully saturated rings. The highest BCUT2D eigenvalue weighted by molar-refractivity contribution is 7.99. The summed E-state index contributed by atoms with van der Waals surface area (Å²) >= 11 is 13.2.